The first-order chi connectivity index (χ1) is 10.8. The molecule has 0 saturated carbocycles. The summed E-state index contributed by atoms with van der Waals surface area (Å²) in [6, 6.07) is 7.02. The van der Waals surface area contributed by atoms with Crippen LogP contribution in [0.4, 0.5) is 22.0 Å². The molecule has 0 aliphatic heterocycles. The maximum atomic E-state index is 13.5. The van der Waals surface area contributed by atoms with Crippen LogP contribution >= 0.6 is 0 Å². The van der Waals surface area contributed by atoms with E-state index in [0.29, 0.717) is 12.1 Å². The van der Waals surface area contributed by atoms with Crippen molar-refractivity contribution >= 4 is 0 Å². The van der Waals surface area contributed by atoms with Gasteiger partial charge in [0.2, 0.25) is 0 Å². The number of halogens is 5. The number of hydrogen-bond donors (Lipinski definition) is 1. The molecule has 0 bridgehead atoms. The highest BCUT2D eigenvalue weighted by atomic mass is 19.4. The Bertz CT molecular complexity index is 762. The van der Waals surface area contributed by atoms with Gasteiger partial charge < -0.3 is 5.32 Å². The lowest BCUT2D eigenvalue weighted by molar-refractivity contribution is -0.140. The van der Waals surface area contributed by atoms with E-state index in [2.05, 4.69) is 5.32 Å². The molecule has 2 nitrogen and oxygen atoms in total. The van der Waals surface area contributed by atoms with Crippen molar-refractivity contribution < 1.29 is 22.0 Å². The average Bonchev–Trinajstić information content (AvgIpc) is 2.48. The zero-order chi connectivity index (χ0) is 17.2. The zero-order valence-electron chi connectivity index (χ0n) is 11.9. The normalized spacial score (nSPS) is 12.7. The van der Waals surface area contributed by atoms with Crippen LogP contribution in [0.25, 0.3) is 0 Å². The van der Waals surface area contributed by atoms with Crippen LogP contribution in [0.5, 0.6) is 0 Å². The molecule has 0 fully saturated rings. The van der Waals surface area contributed by atoms with Crippen LogP contribution in [0.15, 0.2) is 36.4 Å². The summed E-state index contributed by atoms with van der Waals surface area (Å²) in [5.41, 5.74) is -0.981. The van der Waals surface area contributed by atoms with Crippen molar-refractivity contribution in [3.8, 4) is 6.07 Å². The Labute approximate surface area is 129 Å². The van der Waals surface area contributed by atoms with Crippen molar-refractivity contribution in [2.24, 2.45) is 0 Å². The fourth-order valence-electron chi connectivity index (χ4n) is 2.31. The second-order valence-electron chi connectivity index (χ2n) is 4.84. The van der Waals surface area contributed by atoms with Gasteiger partial charge in [0.05, 0.1) is 23.2 Å². The third-order valence-electron chi connectivity index (χ3n) is 3.30. The highest BCUT2D eigenvalue weighted by Gasteiger charge is 2.34. The van der Waals surface area contributed by atoms with Gasteiger partial charge in [-0.1, -0.05) is 6.07 Å². The zero-order valence-corrected chi connectivity index (χ0v) is 11.9. The van der Waals surface area contributed by atoms with E-state index in [1.807, 2.05) is 0 Å². The Kier molecular flexibility index (Phi) is 4.66. The number of nitrogens with zero attached hydrogens (tertiary/aromatic N) is 1. The fourth-order valence-corrected chi connectivity index (χ4v) is 2.31. The smallest absolute Gasteiger partial charge is 0.309 e. The molecule has 0 heterocycles. The molecule has 0 aromatic heterocycles. The predicted octanol–water partition coefficient (Wildman–Crippen LogP) is 4.16. The van der Waals surface area contributed by atoms with Crippen LogP contribution in [0.1, 0.15) is 28.3 Å². The summed E-state index contributed by atoms with van der Waals surface area (Å²) in [6.45, 7) is 0. The third kappa shape index (κ3) is 3.66. The number of nitriles is 1. The van der Waals surface area contributed by atoms with E-state index in [1.165, 1.54) is 19.2 Å². The Morgan fingerprint density at radius 1 is 1.04 bits per heavy atom. The van der Waals surface area contributed by atoms with Gasteiger partial charge in [0.1, 0.15) is 11.6 Å². The minimum absolute atomic E-state index is 0.0402. The number of alkyl halides is 3. The molecule has 0 amide bonds. The summed E-state index contributed by atoms with van der Waals surface area (Å²) in [5, 5.41) is 11.6. The van der Waals surface area contributed by atoms with Crippen LogP contribution < -0.4 is 5.32 Å². The van der Waals surface area contributed by atoms with Crippen LogP contribution in [-0.2, 0) is 6.18 Å². The van der Waals surface area contributed by atoms with Gasteiger partial charge in [0.15, 0.2) is 0 Å². The lowest BCUT2D eigenvalue weighted by atomic mass is 9.95. The number of rotatable bonds is 3. The second kappa shape index (κ2) is 6.34. The summed E-state index contributed by atoms with van der Waals surface area (Å²) in [5.74, 6) is -2.06. The predicted molar refractivity (Wildman–Crippen MR) is 73.4 cm³/mol. The van der Waals surface area contributed by atoms with Crippen molar-refractivity contribution in [2.75, 3.05) is 7.05 Å². The molecule has 0 aliphatic carbocycles. The van der Waals surface area contributed by atoms with Crippen LogP contribution in [0, 0.1) is 23.0 Å². The molecule has 0 radical (unpaired) electrons. The van der Waals surface area contributed by atoms with E-state index in [4.69, 9.17) is 5.26 Å². The topological polar surface area (TPSA) is 35.8 Å². The molecule has 2 aromatic carbocycles. The molecule has 120 valence electrons. The van der Waals surface area contributed by atoms with Crippen LogP contribution in [0.2, 0.25) is 0 Å². The fraction of sp³-hybridized carbons (Fsp3) is 0.188. The molecule has 2 aromatic rings. The van der Waals surface area contributed by atoms with Crippen LogP contribution in [-0.4, -0.2) is 7.05 Å². The van der Waals surface area contributed by atoms with E-state index >= 15 is 0 Å². The molecule has 7 heteroatoms. The number of nitrogens with one attached hydrogen (secondary N) is 1. The maximum absolute atomic E-state index is 13.5. The average molecular weight is 326 g/mol. The molecule has 0 aliphatic rings. The monoisotopic (exact) mass is 326 g/mol. The van der Waals surface area contributed by atoms with Crippen molar-refractivity contribution in [1.29, 1.82) is 5.26 Å². The summed E-state index contributed by atoms with van der Waals surface area (Å²) in [7, 11) is 1.47. The lowest BCUT2D eigenvalue weighted by Gasteiger charge is -2.19. The van der Waals surface area contributed by atoms with E-state index in [0.717, 1.165) is 12.1 Å². The minimum atomic E-state index is -4.84. The highest BCUT2D eigenvalue weighted by Crippen LogP contribution is 2.34. The van der Waals surface area contributed by atoms with Gasteiger partial charge in [-0.15, -0.1) is 0 Å². The van der Waals surface area contributed by atoms with Gasteiger partial charge in [-0.05, 0) is 48.5 Å². The van der Waals surface area contributed by atoms with Crippen molar-refractivity contribution in [2.45, 2.75) is 12.2 Å². The molecule has 1 atom stereocenters. The van der Waals surface area contributed by atoms with Gasteiger partial charge in [0, 0.05) is 0 Å². The van der Waals surface area contributed by atoms with Gasteiger partial charge >= 0.3 is 6.18 Å². The van der Waals surface area contributed by atoms with Gasteiger partial charge in [0.25, 0.3) is 0 Å². The SMILES string of the molecule is CNC(c1cc(F)cc(C#N)c1)c1ccc(F)c(C(F)(F)F)c1. The highest BCUT2D eigenvalue weighted by molar-refractivity contribution is 5.40. The standard InChI is InChI=1S/C16H11F5N2/c1-23-15(11-4-9(8-22)5-12(17)6-11)10-2-3-14(18)13(7-10)16(19,20)21/h2-7,15,23H,1H3. The molecule has 1 N–H and O–H groups in total. The van der Waals surface area contributed by atoms with Gasteiger partial charge in [-0.25, -0.2) is 8.78 Å². The Morgan fingerprint density at radius 2 is 1.74 bits per heavy atom. The molecule has 1 unspecified atom stereocenters. The van der Waals surface area contributed by atoms with E-state index in [-0.39, 0.29) is 16.7 Å². The van der Waals surface area contributed by atoms with Crippen molar-refractivity contribution in [3.05, 3.63) is 70.3 Å². The molecule has 0 saturated heterocycles. The largest absolute Gasteiger partial charge is 0.419 e. The van der Waals surface area contributed by atoms with E-state index in [1.54, 1.807) is 6.07 Å². The van der Waals surface area contributed by atoms with Crippen molar-refractivity contribution in [1.82, 2.24) is 5.32 Å². The number of benzene rings is 2. The minimum Gasteiger partial charge on any atom is -0.309 e. The second-order valence-corrected chi connectivity index (χ2v) is 4.84. The van der Waals surface area contributed by atoms with E-state index in [9.17, 15) is 22.0 Å². The van der Waals surface area contributed by atoms with E-state index < -0.39 is 29.4 Å². The lowest BCUT2D eigenvalue weighted by Crippen LogP contribution is -2.19. The van der Waals surface area contributed by atoms with Gasteiger partial charge in [-0.2, -0.15) is 18.4 Å². The molecule has 0 spiro atoms. The number of hydrogen-bond acceptors (Lipinski definition) is 2. The summed E-state index contributed by atoms with van der Waals surface area (Å²) in [6.07, 6.45) is -4.84. The molecular formula is C16H11F5N2. The first kappa shape index (κ1) is 16.9. The molecular weight excluding hydrogens is 315 g/mol. The third-order valence-corrected chi connectivity index (χ3v) is 3.30. The maximum Gasteiger partial charge on any atom is 0.419 e. The quantitative estimate of drug-likeness (QED) is 0.860. The first-order valence-corrected chi connectivity index (χ1v) is 6.50. The van der Waals surface area contributed by atoms with Crippen molar-refractivity contribution in [3.63, 3.8) is 0 Å². The Balaban J connectivity index is 2.55. The molecule has 23 heavy (non-hydrogen) atoms. The Morgan fingerprint density at radius 3 is 2.30 bits per heavy atom. The summed E-state index contributed by atoms with van der Waals surface area (Å²) >= 11 is 0. The summed E-state index contributed by atoms with van der Waals surface area (Å²) in [4.78, 5) is 0. The van der Waals surface area contributed by atoms with Gasteiger partial charge in [-0.3, -0.25) is 0 Å². The first-order valence-electron chi connectivity index (χ1n) is 6.50. The Hall–Kier alpha value is -2.46. The summed E-state index contributed by atoms with van der Waals surface area (Å²) < 4.78 is 65.4. The van der Waals surface area contributed by atoms with Crippen LogP contribution in [0.3, 0.4) is 0 Å². The molecule has 2 rings (SSSR count).